The summed E-state index contributed by atoms with van der Waals surface area (Å²) in [6.45, 7) is 11.0. The molecule has 1 unspecified atom stereocenters. The van der Waals surface area contributed by atoms with E-state index >= 15 is 0 Å². The van der Waals surface area contributed by atoms with Crippen molar-refractivity contribution in [3.05, 3.63) is 75.2 Å². The zero-order chi connectivity index (χ0) is 46.6. The predicted octanol–water partition coefficient (Wildman–Crippen LogP) is 4.41. The molecule has 2 aromatic carbocycles. The van der Waals surface area contributed by atoms with Crippen LogP contribution in [-0.2, 0) is 19.1 Å². The van der Waals surface area contributed by atoms with Crippen LogP contribution in [0.15, 0.2) is 53.5 Å². The van der Waals surface area contributed by atoms with Gasteiger partial charge in [0, 0.05) is 80.6 Å². The Morgan fingerprint density at radius 2 is 1.64 bits per heavy atom. The molecule has 18 nitrogen and oxygen atoms in total. The van der Waals surface area contributed by atoms with Gasteiger partial charge in [-0.2, -0.15) is 4.98 Å². The van der Waals surface area contributed by atoms with E-state index in [4.69, 9.17) is 26.1 Å². The summed E-state index contributed by atoms with van der Waals surface area (Å²) in [5.41, 5.74) is 2.55. The molecule has 1 aliphatic carbocycles. The van der Waals surface area contributed by atoms with E-state index in [0.29, 0.717) is 34.1 Å². The van der Waals surface area contributed by atoms with Crippen molar-refractivity contribution in [1.29, 1.82) is 0 Å². The lowest BCUT2D eigenvalue weighted by atomic mass is 9.84. The SMILES string of the molecule is CNC(=O)COc1cc2cc(Nc3nc(N4CCC(OC5CC(N6[C@H](C)CN(c7ccc8c(c7)C(=O)N(C7CCC(=O)NC7=O)C8=O)C[C@@H]6C)C5)CC4)ncc3Cl)ccc2n(C(C)C)c1=O. The lowest BCUT2D eigenvalue weighted by molar-refractivity contribution is -0.136. The molecule has 19 heteroatoms. The third kappa shape index (κ3) is 8.68. The molecular weight excluding hydrogens is 868 g/mol. The van der Waals surface area contributed by atoms with Crippen LogP contribution >= 0.6 is 11.6 Å². The minimum atomic E-state index is -0.993. The number of likely N-dealkylation sites (N-methyl/N-ethyl adjacent to an activating group) is 1. The number of hydrogen-bond acceptors (Lipinski definition) is 14. The first kappa shape index (κ1) is 45.1. The number of halogens is 1. The first-order valence-electron chi connectivity index (χ1n) is 22.8. The van der Waals surface area contributed by atoms with Gasteiger partial charge in [-0.1, -0.05) is 11.6 Å². The number of fused-ring (bicyclic) bond motifs is 2. The number of rotatable bonds is 12. The standard InChI is InChI=1S/C47H55ClN10O8/c1-25(2)56-37-9-6-29(16-28(37)17-39(46(56)64)65-24-41(60)49-5)51-42-36(48)21-50-47(53-42)54-14-12-32(13-15-54)66-33-18-31(19-33)57-26(3)22-55(23-27(57)4)30-7-8-34-35(20-30)45(63)58(44(34)62)38-10-11-40(59)52-43(38)61/h6-9,16-17,20-21,25-27,31-33,38H,10-15,18-19,22-24H2,1-5H3,(H,49,60)(H,50,51,53)(H,52,59,61)/t26-,27+,31?,33?,38?. The molecule has 9 rings (SSSR count). The van der Waals surface area contributed by atoms with Crippen molar-refractivity contribution in [3.8, 4) is 5.75 Å². The number of benzene rings is 2. The number of imide groups is 2. The molecule has 4 fully saturated rings. The Kier molecular flexibility index (Phi) is 12.5. The van der Waals surface area contributed by atoms with E-state index in [1.807, 2.05) is 38.1 Å². The minimum Gasteiger partial charge on any atom is -0.478 e. The highest BCUT2D eigenvalue weighted by molar-refractivity contribution is 6.33. The number of hydrogen-bond donors (Lipinski definition) is 3. The Balaban J connectivity index is 0.767. The van der Waals surface area contributed by atoms with E-state index in [0.717, 1.165) is 73.4 Å². The number of piperazine rings is 1. The van der Waals surface area contributed by atoms with Crippen LogP contribution in [0.1, 0.15) is 93.0 Å². The van der Waals surface area contributed by atoms with Crippen LogP contribution in [-0.4, -0.2) is 130 Å². The lowest BCUT2D eigenvalue weighted by Gasteiger charge is -2.53. The summed E-state index contributed by atoms with van der Waals surface area (Å²) >= 11 is 6.61. The summed E-state index contributed by atoms with van der Waals surface area (Å²) in [5.74, 6) is -1.25. The van der Waals surface area contributed by atoms with Crippen LogP contribution < -0.4 is 36.0 Å². The zero-order valence-electron chi connectivity index (χ0n) is 37.7. The molecule has 0 bridgehead atoms. The van der Waals surface area contributed by atoms with Crippen molar-refractivity contribution in [1.82, 2.24) is 35.0 Å². The van der Waals surface area contributed by atoms with Crippen LogP contribution in [0.5, 0.6) is 5.75 Å². The van der Waals surface area contributed by atoms with Crippen molar-refractivity contribution in [2.45, 2.75) is 109 Å². The number of piperidine rings is 2. The number of nitrogens with zero attached hydrogens (tertiary/aromatic N) is 7. The minimum absolute atomic E-state index is 0.0795. The molecule has 1 saturated carbocycles. The van der Waals surface area contributed by atoms with Crippen LogP contribution in [0.4, 0.5) is 23.1 Å². The Hall–Kier alpha value is -6.11. The summed E-state index contributed by atoms with van der Waals surface area (Å²) < 4.78 is 13.9. The highest BCUT2D eigenvalue weighted by Crippen LogP contribution is 2.38. The Bertz CT molecular complexity index is 2650. The molecule has 4 aromatic rings. The van der Waals surface area contributed by atoms with Crippen LogP contribution in [0.25, 0.3) is 10.9 Å². The molecule has 0 spiro atoms. The fraction of sp³-hybridized carbons (Fsp3) is 0.489. The Morgan fingerprint density at radius 1 is 0.909 bits per heavy atom. The normalized spacial score (nSPS) is 23.9. The number of aromatic nitrogens is 3. The van der Waals surface area contributed by atoms with Gasteiger partial charge in [0.1, 0.15) is 11.1 Å². The second-order valence-corrected chi connectivity index (χ2v) is 18.7. The number of carbonyl (C=O) groups excluding carboxylic acids is 5. The fourth-order valence-corrected chi connectivity index (χ4v) is 10.4. The Labute approximate surface area is 386 Å². The van der Waals surface area contributed by atoms with E-state index in [-0.39, 0.29) is 72.6 Å². The predicted molar refractivity (Wildman–Crippen MR) is 248 cm³/mol. The maximum atomic E-state index is 13.5. The zero-order valence-corrected chi connectivity index (χ0v) is 38.5. The average molecular weight is 923 g/mol. The van der Waals surface area contributed by atoms with E-state index in [1.165, 1.54) is 7.05 Å². The highest BCUT2D eigenvalue weighted by atomic mass is 35.5. The molecule has 3 saturated heterocycles. The molecule has 5 aliphatic rings. The van der Waals surface area contributed by atoms with Crippen molar-refractivity contribution in [3.63, 3.8) is 0 Å². The molecule has 6 heterocycles. The summed E-state index contributed by atoms with van der Waals surface area (Å²) in [6.07, 6.45) is 5.73. The third-order valence-corrected chi connectivity index (χ3v) is 13.8. The highest BCUT2D eigenvalue weighted by Gasteiger charge is 2.46. The van der Waals surface area contributed by atoms with E-state index in [9.17, 15) is 28.8 Å². The first-order valence-corrected chi connectivity index (χ1v) is 23.2. The average Bonchev–Trinajstić information content (AvgIpc) is 3.52. The third-order valence-electron chi connectivity index (χ3n) is 13.5. The molecule has 66 heavy (non-hydrogen) atoms. The molecule has 3 atom stereocenters. The van der Waals surface area contributed by atoms with Crippen molar-refractivity contribution >= 4 is 75.2 Å². The number of anilines is 4. The van der Waals surface area contributed by atoms with E-state index < -0.39 is 29.7 Å². The number of nitrogens with one attached hydrogen (secondary N) is 3. The maximum Gasteiger partial charge on any atom is 0.293 e. The molecule has 2 aromatic heterocycles. The molecule has 4 aliphatic heterocycles. The van der Waals surface area contributed by atoms with E-state index in [1.54, 1.807) is 29.0 Å². The van der Waals surface area contributed by atoms with Gasteiger partial charge in [0.2, 0.25) is 17.8 Å². The van der Waals surface area contributed by atoms with Crippen molar-refractivity contribution < 1.29 is 33.4 Å². The number of carbonyl (C=O) groups is 5. The van der Waals surface area contributed by atoms with Gasteiger partial charge in [-0.25, -0.2) is 4.98 Å². The van der Waals surface area contributed by atoms with Gasteiger partial charge in [-0.3, -0.25) is 43.9 Å². The first-order chi connectivity index (χ1) is 31.7. The maximum absolute atomic E-state index is 13.5. The molecule has 0 radical (unpaired) electrons. The van der Waals surface area contributed by atoms with Crippen LogP contribution in [0, 0.1) is 0 Å². The van der Waals surface area contributed by atoms with Crippen LogP contribution in [0.3, 0.4) is 0 Å². The summed E-state index contributed by atoms with van der Waals surface area (Å²) in [7, 11) is 1.51. The topological polar surface area (TPSA) is 201 Å². The quantitative estimate of drug-likeness (QED) is 0.169. The van der Waals surface area contributed by atoms with Gasteiger partial charge in [0.25, 0.3) is 23.3 Å². The molecule has 5 amide bonds. The molecular formula is C47H55ClN10O8. The van der Waals surface area contributed by atoms with E-state index in [2.05, 4.69) is 49.5 Å². The van der Waals surface area contributed by atoms with Crippen molar-refractivity contribution in [2.75, 3.05) is 55.0 Å². The van der Waals surface area contributed by atoms with Gasteiger partial charge < -0.3 is 34.5 Å². The second-order valence-electron chi connectivity index (χ2n) is 18.3. The number of ether oxygens (including phenoxy) is 2. The number of amides is 5. The Morgan fingerprint density at radius 3 is 2.33 bits per heavy atom. The summed E-state index contributed by atoms with van der Waals surface area (Å²) in [5, 5.41) is 9.19. The number of pyridine rings is 1. The van der Waals surface area contributed by atoms with Crippen molar-refractivity contribution in [2.24, 2.45) is 0 Å². The van der Waals surface area contributed by atoms with Gasteiger partial charge in [-0.05, 0) is 102 Å². The van der Waals surface area contributed by atoms with Gasteiger partial charge in [-0.15, -0.1) is 0 Å². The lowest BCUT2D eigenvalue weighted by Crippen LogP contribution is -2.63. The summed E-state index contributed by atoms with van der Waals surface area (Å²) in [6, 6.07) is 12.3. The smallest absolute Gasteiger partial charge is 0.293 e. The van der Waals surface area contributed by atoms with Gasteiger partial charge in [0.05, 0.1) is 35.0 Å². The van der Waals surface area contributed by atoms with Crippen LogP contribution in [0.2, 0.25) is 5.02 Å². The molecule has 3 N–H and O–H groups in total. The van der Waals surface area contributed by atoms with Gasteiger partial charge >= 0.3 is 0 Å². The largest absolute Gasteiger partial charge is 0.478 e. The summed E-state index contributed by atoms with van der Waals surface area (Å²) in [4.78, 5) is 93.5. The fourth-order valence-electron chi connectivity index (χ4n) is 10.2. The second kappa shape index (κ2) is 18.3. The van der Waals surface area contributed by atoms with Gasteiger partial charge in [0.15, 0.2) is 18.2 Å². The molecule has 348 valence electrons. The monoisotopic (exact) mass is 922 g/mol.